The Bertz CT molecular complexity index is 476. The Kier molecular flexibility index (Phi) is 2.96. The molecule has 0 unspecified atom stereocenters. The van der Waals surface area contributed by atoms with Crippen LogP contribution < -0.4 is 11.1 Å². The minimum absolute atomic E-state index is 0.346. The third-order valence-electron chi connectivity index (χ3n) is 2.04. The number of halogens is 1. The molecule has 0 aliphatic heterocycles. The normalized spacial score (nSPS) is 10.4. The van der Waals surface area contributed by atoms with Crippen LogP contribution in [0.1, 0.15) is 6.92 Å². The molecule has 3 N–H and O–H groups in total. The van der Waals surface area contributed by atoms with Gasteiger partial charge in [-0.25, -0.2) is 0 Å². The maximum absolute atomic E-state index is 5.80. The van der Waals surface area contributed by atoms with Crippen LogP contribution in [0.4, 0.5) is 11.9 Å². The third kappa shape index (κ3) is 2.09. The molecule has 0 bridgehead atoms. The summed E-state index contributed by atoms with van der Waals surface area (Å²) in [6, 6.07) is 7.24. The molecule has 1 aromatic heterocycles. The van der Waals surface area contributed by atoms with Gasteiger partial charge in [-0.1, -0.05) is 11.6 Å². The topological polar surface area (TPSA) is 68.8 Å². The Hall–Kier alpha value is -1.75. The molecular weight excluding hydrogens is 226 g/mol. The van der Waals surface area contributed by atoms with E-state index in [-0.39, 0.29) is 0 Å². The van der Waals surface area contributed by atoms with Crippen molar-refractivity contribution in [1.29, 1.82) is 0 Å². The Labute approximate surface area is 98.2 Å². The summed E-state index contributed by atoms with van der Waals surface area (Å²) in [4.78, 5) is 4.08. The average molecular weight is 238 g/mol. The molecule has 5 nitrogen and oxygen atoms in total. The minimum Gasteiger partial charge on any atom is -0.368 e. The lowest BCUT2D eigenvalue weighted by Gasteiger charge is -2.01. The zero-order valence-corrected chi connectivity index (χ0v) is 9.57. The van der Waals surface area contributed by atoms with Gasteiger partial charge in [0.15, 0.2) is 0 Å². The van der Waals surface area contributed by atoms with E-state index in [1.54, 1.807) is 16.8 Å². The average Bonchev–Trinajstić information content (AvgIpc) is 2.61. The van der Waals surface area contributed by atoms with Crippen LogP contribution in [0.25, 0.3) is 5.69 Å². The summed E-state index contributed by atoms with van der Waals surface area (Å²) >= 11 is 5.80. The molecule has 0 saturated heterocycles. The summed E-state index contributed by atoms with van der Waals surface area (Å²) < 4.78 is 1.56. The lowest BCUT2D eigenvalue weighted by molar-refractivity contribution is 0.889. The van der Waals surface area contributed by atoms with Gasteiger partial charge in [-0.15, -0.1) is 5.10 Å². The Morgan fingerprint density at radius 2 is 2.06 bits per heavy atom. The van der Waals surface area contributed by atoms with E-state index in [1.807, 2.05) is 19.1 Å². The minimum atomic E-state index is 0.346. The number of nitrogens with zero attached hydrogens (tertiary/aromatic N) is 3. The number of rotatable bonds is 3. The molecule has 1 aromatic carbocycles. The molecular formula is C10H12ClN5. The predicted octanol–water partition coefficient (Wildman–Crippen LogP) is 1.93. The number of nitrogens with one attached hydrogen (secondary N) is 1. The van der Waals surface area contributed by atoms with Crippen LogP contribution in [0, 0.1) is 0 Å². The summed E-state index contributed by atoms with van der Waals surface area (Å²) in [7, 11) is 0. The fraction of sp³-hybridized carbons (Fsp3) is 0.200. The molecule has 0 aliphatic rings. The molecule has 1 heterocycles. The van der Waals surface area contributed by atoms with Crippen LogP contribution in [0.3, 0.4) is 0 Å². The first-order valence-corrected chi connectivity index (χ1v) is 5.31. The number of nitrogen functional groups attached to an aromatic ring is 1. The van der Waals surface area contributed by atoms with E-state index in [0.717, 1.165) is 12.2 Å². The molecule has 6 heteroatoms. The summed E-state index contributed by atoms with van der Waals surface area (Å²) in [5, 5.41) is 7.90. The zero-order valence-electron chi connectivity index (χ0n) is 8.81. The predicted molar refractivity (Wildman–Crippen MR) is 64.9 cm³/mol. The molecule has 0 radical (unpaired) electrons. The SMILES string of the molecule is CCNc1nc(N)n(-c2ccc(Cl)cc2)n1. The molecule has 0 saturated carbocycles. The molecule has 0 atom stereocenters. The molecule has 0 fully saturated rings. The Balaban J connectivity index is 2.36. The van der Waals surface area contributed by atoms with Gasteiger partial charge in [0.05, 0.1) is 5.69 Å². The highest BCUT2D eigenvalue weighted by Gasteiger charge is 2.07. The van der Waals surface area contributed by atoms with E-state index in [4.69, 9.17) is 17.3 Å². The van der Waals surface area contributed by atoms with Crippen molar-refractivity contribution in [2.45, 2.75) is 6.92 Å². The Morgan fingerprint density at radius 3 is 2.69 bits per heavy atom. The van der Waals surface area contributed by atoms with E-state index >= 15 is 0 Å². The monoisotopic (exact) mass is 237 g/mol. The van der Waals surface area contributed by atoms with Crippen LogP contribution in [0.5, 0.6) is 0 Å². The number of anilines is 2. The first-order valence-electron chi connectivity index (χ1n) is 4.93. The second-order valence-corrected chi connectivity index (χ2v) is 3.65. The van der Waals surface area contributed by atoms with Crippen LogP contribution in [0.2, 0.25) is 5.02 Å². The first-order chi connectivity index (χ1) is 7.70. The van der Waals surface area contributed by atoms with Crippen molar-refractivity contribution in [3.8, 4) is 5.69 Å². The van der Waals surface area contributed by atoms with Gasteiger partial charge in [0, 0.05) is 11.6 Å². The molecule has 2 rings (SSSR count). The van der Waals surface area contributed by atoms with Crippen LogP contribution in [-0.4, -0.2) is 21.3 Å². The van der Waals surface area contributed by atoms with Gasteiger partial charge >= 0.3 is 0 Å². The second kappa shape index (κ2) is 4.40. The van der Waals surface area contributed by atoms with Crippen molar-refractivity contribution < 1.29 is 0 Å². The fourth-order valence-corrected chi connectivity index (χ4v) is 1.46. The highest BCUT2D eigenvalue weighted by atomic mass is 35.5. The summed E-state index contributed by atoms with van der Waals surface area (Å²) in [5.74, 6) is 0.869. The number of hydrogen-bond donors (Lipinski definition) is 2. The van der Waals surface area contributed by atoms with E-state index in [2.05, 4.69) is 15.4 Å². The van der Waals surface area contributed by atoms with Gasteiger partial charge in [-0.3, -0.25) is 0 Å². The number of nitrogens with two attached hydrogens (primary N) is 1. The van der Waals surface area contributed by atoms with Crippen LogP contribution >= 0.6 is 11.6 Å². The van der Waals surface area contributed by atoms with Crippen molar-refractivity contribution in [1.82, 2.24) is 14.8 Å². The quantitative estimate of drug-likeness (QED) is 0.856. The van der Waals surface area contributed by atoms with Crippen molar-refractivity contribution in [3.63, 3.8) is 0 Å². The highest BCUT2D eigenvalue weighted by molar-refractivity contribution is 6.30. The number of aromatic nitrogens is 3. The summed E-state index contributed by atoms with van der Waals surface area (Å²) in [6.45, 7) is 2.73. The van der Waals surface area contributed by atoms with Gasteiger partial charge in [-0.05, 0) is 31.2 Å². The molecule has 0 spiro atoms. The van der Waals surface area contributed by atoms with Gasteiger partial charge in [0.1, 0.15) is 0 Å². The van der Waals surface area contributed by atoms with E-state index in [1.165, 1.54) is 0 Å². The van der Waals surface area contributed by atoms with Crippen molar-refractivity contribution in [3.05, 3.63) is 29.3 Å². The van der Waals surface area contributed by atoms with Gasteiger partial charge < -0.3 is 11.1 Å². The molecule has 84 valence electrons. The highest BCUT2D eigenvalue weighted by Crippen LogP contribution is 2.16. The maximum atomic E-state index is 5.80. The second-order valence-electron chi connectivity index (χ2n) is 3.21. The fourth-order valence-electron chi connectivity index (χ4n) is 1.33. The lowest BCUT2D eigenvalue weighted by Crippen LogP contribution is -2.02. The van der Waals surface area contributed by atoms with Crippen molar-refractivity contribution in [2.75, 3.05) is 17.6 Å². The summed E-state index contributed by atoms with van der Waals surface area (Å²) in [6.07, 6.45) is 0. The molecule has 0 amide bonds. The van der Waals surface area contributed by atoms with Gasteiger partial charge in [-0.2, -0.15) is 9.67 Å². The Morgan fingerprint density at radius 1 is 1.38 bits per heavy atom. The molecule has 16 heavy (non-hydrogen) atoms. The standard InChI is InChI=1S/C10H12ClN5/c1-2-13-10-14-9(12)16(15-10)8-5-3-7(11)4-6-8/h3-6H,2H2,1H3,(H3,12,13,14,15). The first kappa shape index (κ1) is 10.8. The number of benzene rings is 1. The van der Waals surface area contributed by atoms with Crippen molar-refractivity contribution >= 4 is 23.5 Å². The largest absolute Gasteiger partial charge is 0.368 e. The maximum Gasteiger partial charge on any atom is 0.244 e. The van der Waals surface area contributed by atoms with Gasteiger partial charge in [0.25, 0.3) is 0 Å². The lowest BCUT2D eigenvalue weighted by atomic mass is 10.3. The smallest absolute Gasteiger partial charge is 0.244 e. The zero-order chi connectivity index (χ0) is 11.5. The third-order valence-corrected chi connectivity index (χ3v) is 2.29. The van der Waals surface area contributed by atoms with Crippen LogP contribution in [0.15, 0.2) is 24.3 Å². The van der Waals surface area contributed by atoms with Crippen LogP contribution in [-0.2, 0) is 0 Å². The van der Waals surface area contributed by atoms with E-state index in [9.17, 15) is 0 Å². The molecule has 2 aromatic rings. The summed E-state index contributed by atoms with van der Waals surface area (Å²) in [5.41, 5.74) is 6.59. The molecule has 0 aliphatic carbocycles. The van der Waals surface area contributed by atoms with E-state index < -0.39 is 0 Å². The van der Waals surface area contributed by atoms with Crippen molar-refractivity contribution in [2.24, 2.45) is 0 Å². The van der Waals surface area contributed by atoms with E-state index in [0.29, 0.717) is 16.9 Å². The number of hydrogen-bond acceptors (Lipinski definition) is 4. The van der Waals surface area contributed by atoms with Gasteiger partial charge in [0.2, 0.25) is 11.9 Å².